The summed E-state index contributed by atoms with van der Waals surface area (Å²) in [7, 11) is 0. The van der Waals surface area contributed by atoms with E-state index in [4.69, 9.17) is 9.47 Å². The SMILES string of the molecule is O=C1CO[C@@H]2C[C@H]3O[C@@]3(N3CCC(c4ccccc4)CC3)C[C@H]2N1Cc1ccccc1. The molecule has 0 N–H and O–H groups in total. The van der Waals surface area contributed by atoms with E-state index < -0.39 is 0 Å². The van der Waals surface area contributed by atoms with Gasteiger partial charge in [-0.1, -0.05) is 60.7 Å². The molecule has 31 heavy (non-hydrogen) atoms. The second kappa shape index (κ2) is 7.73. The van der Waals surface area contributed by atoms with Gasteiger partial charge in [0, 0.05) is 32.5 Å². The lowest BCUT2D eigenvalue weighted by Gasteiger charge is -2.47. The van der Waals surface area contributed by atoms with Gasteiger partial charge >= 0.3 is 0 Å². The number of amides is 1. The number of epoxide rings is 1. The number of carbonyl (C=O) groups excluding carboxylic acids is 1. The molecule has 3 saturated heterocycles. The standard InChI is InChI=1S/C26H30N2O3/c29-25-18-30-23-15-24-26(31-24,16-22(23)28(25)17-19-7-3-1-4-8-19)27-13-11-21(12-14-27)20-9-5-2-6-10-20/h1-10,21-24H,11-18H2/t22-,23-,24-,26+/m1/s1. The minimum Gasteiger partial charge on any atom is -0.366 e. The van der Waals surface area contributed by atoms with E-state index in [1.807, 2.05) is 18.2 Å². The van der Waals surface area contributed by atoms with E-state index in [1.165, 1.54) is 24.0 Å². The summed E-state index contributed by atoms with van der Waals surface area (Å²) in [5, 5.41) is 0. The summed E-state index contributed by atoms with van der Waals surface area (Å²) < 4.78 is 12.4. The van der Waals surface area contributed by atoms with Crippen molar-refractivity contribution in [2.75, 3.05) is 19.7 Å². The van der Waals surface area contributed by atoms with E-state index in [1.54, 1.807) is 0 Å². The molecule has 4 atom stereocenters. The Hall–Kier alpha value is -2.21. The Balaban J connectivity index is 1.17. The van der Waals surface area contributed by atoms with E-state index >= 15 is 0 Å². The van der Waals surface area contributed by atoms with Gasteiger partial charge in [0.15, 0.2) is 5.72 Å². The third kappa shape index (κ3) is 3.49. The second-order valence-corrected chi connectivity index (χ2v) is 9.49. The lowest BCUT2D eigenvalue weighted by atomic mass is 9.83. The normalized spacial score (nSPS) is 33.6. The van der Waals surface area contributed by atoms with Crippen LogP contribution in [0.25, 0.3) is 0 Å². The summed E-state index contributed by atoms with van der Waals surface area (Å²) in [4.78, 5) is 17.4. The summed E-state index contributed by atoms with van der Waals surface area (Å²) in [5.74, 6) is 0.735. The molecule has 0 aromatic heterocycles. The summed E-state index contributed by atoms with van der Waals surface area (Å²) in [5.41, 5.74) is 2.43. The number of hydrogen-bond acceptors (Lipinski definition) is 4. The van der Waals surface area contributed by atoms with Gasteiger partial charge in [-0.15, -0.1) is 0 Å². The van der Waals surface area contributed by atoms with Crippen LogP contribution in [0.3, 0.4) is 0 Å². The molecule has 6 rings (SSSR count). The first-order valence-corrected chi connectivity index (χ1v) is 11.7. The van der Waals surface area contributed by atoms with Gasteiger partial charge in [-0.3, -0.25) is 9.69 Å². The van der Waals surface area contributed by atoms with Crippen LogP contribution in [0.5, 0.6) is 0 Å². The van der Waals surface area contributed by atoms with Crippen LogP contribution in [0.4, 0.5) is 0 Å². The predicted molar refractivity (Wildman–Crippen MR) is 117 cm³/mol. The minimum absolute atomic E-state index is 0.0869. The summed E-state index contributed by atoms with van der Waals surface area (Å²) in [6.45, 7) is 2.96. The topological polar surface area (TPSA) is 45.3 Å². The largest absolute Gasteiger partial charge is 0.366 e. The molecule has 3 heterocycles. The van der Waals surface area contributed by atoms with Crippen LogP contribution in [0.1, 0.15) is 42.7 Å². The van der Waals surface area contributed by atoms with Gasteiger partial charge in [0.25, 0.3) is 0 Å². The van der Waals surface area contributed by atoms with Gasteiger partial charge in [0.05, 0.1) is 12.1 Å². The van der Waals surface area contributed by atoms with E-state index in [9.17, 15) is 4.79 Å². The lowest BCUT2D eigenvalue weighted by Crippen LogP contribution is -2.61. The fourth-order valence-corrected chi connectivity index (χ4v) is 6.07. The van der Waals surface area contributed by atoms with Gasteiger partial charge in [0.1, 0.15) is 12.7 Å². The van der Waals surface area contributed by atoms with Crippen molar-refractivity contribution in [1.82, 2.24) is 9.80 Å². The van der Waals surface area contributed by atoms with Crippen molar-refractivity contribution < 1.29 is 14.3 Å². The highest BCUT2D eigenvalue weighted by Gasteiger charge is 2.67. The number of nitrogens with zero attached hydrogens (tertiary/aromatic N) is 2. The third-order valence-corrected chi connectivity index (χ3v) is 7.81. The first kappa shape index (κ1) is 19.5. The van der Waals surface area contributed by atoms with Gasteiger partial charge in [-0.05, 0) is 29.9 Å². The van der Waals surface area contributed by atoms with Gasteiger partial charge in [0.2, 0.25) is 5.91 Å². The molecular weight excluding hydrogens is 388 g/mol. The maximum absolute atomic E-state index is 12.8. The van der Waals surface area contributed by atoms with E-state index in [0.717, 1.165) is 25.9 Å². The molecule has 1 aliphatic carbocycles. The second-order valence-electron chi connectivity index (χ2n) is 9.49. The zero-order valence-electron chi connectivity index (χ0n) is 17.9. The first-order valence-electron chi connectivity index (χ1n) is 11.7. The van der Waals surface area contributed by atoms with Gasteiger partial charge in [-0.25, -0.2) is 0 Å². The molecule has 5 nitrogen and oxygen atoms in total. The minimum atomic E-state index is -0.196. The number of piperidine rings is 1. The Morgan fingerprint density at radius 3 is 2.42 bits per heavy atom. The van der Waals surface area contributed by atoms with Crippen LogP contribution in [-0.2, 0) is 20.8 Å². The summed E-state index contributed by atoms with van der Waals surface area (Å²) in [6, 6.07) is 21.3. The molecule has 0 bridgehead atoms. The quantitative estimate of drug-likeness (QED) is 0.713. The fourth-order valence-electron chi connectivity index (χ4n) is 6.07. The molecule has 5 heteroatoms. The molecule has 4 aliphatic rings. The maximum Gasteiger partial charge on any atom is 0.249 e. The van der Waals surface area contributed by atoms with E-state index in [-0.39, 0.29) is 36.5 Å². The van der Waals surface area contributed by atoms with Crippen molar-refractivity contribution in [2.45, 2.75) is 62.1 Å². The first-order chi connectivity index (χ1) is 15.2. The van der Waals surface area contributed by atoms with Gasteiger partial charge in [-0.2, -0.15) is 0 Å². The number of likely N-dealkylation sites (tertiary alicyclic amines) is 1. The van der Waals surface area contributed by atoms with Crippen molar-refractivity contribution in [2.24, 2.45) is 0 Å². The molecule has 162 valence electrons. The van der Waals surface area contributed by atoms with Crippen molar-refractivity contribution in [1.29, 1.82) is 0 Å². The molecule has 1 saturated carbocycles. The number of fused-ring (bicyclic) bond motifs is 2. The Morgan fingerprint density at radius 2 is 1.68 bits per heavy atom. The summed E-state index contributed by atoms with van der Waals surface area (Å²) >= 11 is 0. The number of rotatable bonds is 4. The van der Waals surface area contributed by atoms with Crippen molar-refractivity contribution in [3.63, 3.8) is 0 Å². The van der Waals surface area contributed by atoms with Crippen LogP contribution in [0.15, 0.2) is 60.7 Å². The average molecular weight is 419 g/mol. The Morgan fingerprint density at radius 1 is 0.968 bits per heavy atom. The molecule has 2 aromatic carbocycles. The predicted octanol–water partition coefficient (Wildman–Crippen LogP) is 3.55. The van der Waals surface area contributed by atoms with E-state index in [0.29, 0.717) is 12.5 Å². The van der Waals surface area contributed by atoms with Crippen molar-refractivity contribution >= 4 is 5.91 Å². The Bertz CT molecular complexity index is 928. The molecule has 4 fully saturated rings. The molecule has 1 amide bonds. The Labute approximate surface area is 183 Å². The van der Waals surface area contributed by atoms with E-state index in [2.05, 4.69) is 52.3 Å². The zero-order valence-corrected chi connectivity index (χ0v) is 17.9. The Kier molecular flexibility index (Phi) is 4.86. The number of carbonyl (C=O) groups is 1. The van der Waals surface area contributed by atoms with Gasteiger partial charge < -0.3 is 14.4 Å². The molecule has 2 aromatic rings. The third-order valence-electron chi connectivity index (χ3n) is 7.81. The highest BCUT2D eigenvalue weighted by Crippen LogP contribution is 2.53. The zero-order chi connectivity index (χ0) is 20.8. The van der Waals surface area contributed by atoms with Crippen LogP contribution in [-0.4, -0.2) is 59.4 Å². The van der Waals surface area contributed by atoms with Crippen LogP contribution in [0, 0.1) is 0 Å². The monoisotopic (exact) mass is 418 g/mol. The van der Waals surface area contributed by atoms with Crippen LogP contribution in [0.2, 0.25) is 0 Å². The molecular formula is C26H30N2O3. The number of benzene rings is 2. The highest BCUT2D eigenvalue weighted by atomic mass is 16.6. The van der Waals surface area contributed by atoms with Crippen LogP contribution < -0.4 is 0 Å². The smallest absolute Gasteiger partial charge is 0.249 e. The molecule has 3 aliphatic heterocycles. The molecule has 0 radical (unpaired) electrons. The van der Waals surface area contributed by atoms with Crippen molar-refractivity contribution in [3.05, 3.63) is 71.8 Å². The maximum atomic E-state index is 12.8. The highest BCUT2D eigenvalue weighted by molar-refractivity contribution is 5.78. The molecule has 0 spiro atoms. The number of morpholine rings is 1. The number of hydrogen-bond donors (Lipinski definition) is 0. The lowest BCUT2D eigenvalue weighted by molar-refractivity contribution is -0.164. The molecule has 0 unspecified atom stereocenters. The fraction of sp³-hybridized carbons (Fsp3) is 0.500. The van der Waals surface area contributed by atoms with Crippen molar-refractivity contribution in [3.8, 4) is 0 Å². The number of ether oxygens (including phenoxy) is 2. The average Bonchev–Trinajstić information content (AvgIpc) is 3.56. The van der Waals surface area contributed by atoms with Crippen LogP contribution >= 0.6 is 0 Å². The summed E-state index contributed by atoms with van der Waals surface area (Å²) in [6.07, 6.45) is 4.41.